The first-order valence-electron chi connectivity index (χ1n) is 13.6. The highest BCUT2D eigenvalue weighted by Crippen LogP contribution is 2.48. The summed E-state index contributed by atoms with van der Waals surface area (Å²) in [5.41, 5.74) is 9.47. The molecular weight excluding hydrogens is 490 g/mol. The summed E-state index contributed by atoms with van der Waals surface area (Å²) in [6.45, 7) is 1.44. The molecular formula is C35H29N5. The molecule has 4 aromatic carbocycles. The van der Waals surface area contributed by atoms with E-state index in [-0.39, 0.29) is 0 Å². The van der Waals surface area contributed by atoms with Gasteiger partial charge in [-0.2, -0.15) is 5.10 Å². The quantitative estimate of drug-likeness (QED) is 0.226. The zero-order chi connectivity index (χ0) is 26.9. The Balaban J connectivity index is 1.49. The molecule has 0 saturated heterocycles. The van der Waals surface area contributed by atoms with Gasteiger partial charge < -0.3 is 0 Å². The third-order valence-electron chi connectivity index (χ3n) is 7.96. The topological polar surface area (TPSA) is 46.8 Å². The van der Waals surface area contributed by atoms with Crippen LogP contribution in [0.5, 0.6) is 0 Å². The summed E-state index contributed by atoms with van der Waals surface area (Å²) in [6.07, 6.45) is 3.90. The van der Waals surface area contributed by atoms with Gasteiger partial charge in [-0.05, 0) is 16.7 Å². The van der Waals surface area contributed by atoms with E-state index in [2.05, 4.69) is 125 Å². The summed E-state index contributed by atoms with van der Waals surface area (Å²) in [5, 5.41) is 14.1. The van der Waals surface area contributed by atoms with Crippen molar-refractivity contribution < 1.29 is 0 Å². The van der Waals surface area contributed by atoms with Crippen LogP contribution in [0.2, 0.25) is 0 Å². The summed E-state index contributed by atoms with van der Waals surface area (Å²) in [5.74, 6) is 0. The highest BCUT2D eigenvalue weighted by Gasteiger charge is 2.45. The Morgan fingerprint density at radius 2 is 0.975 bits per heavy atom. The minimum Gasteiger partial charge on any atom is -0.277 e. The number of benzene rings is 4. The molecule has 194 valence electrons. The number of fused-ring (bicyclic) bond motifs is 1. The number of hydrogen-bond donors (Lipinski definition) is 0. The van der Waals surface area contributed by atoms with Gasteiger partial charge in [0.2, 0.25) is 0 Å². The van der Waals surface area contributed by atoms with Gasteiger partial charge in [0.25, 0.3) is 0 Å². The van der Waals surface area contributed by atoms with Crippen molar-refractivity contribution in [3.8, 4) is 22.5 Å². The molecule has 40 heavy (non-hydrogen) atoms. The Labute approximate surface area is 234 Å². The Kier molecular flexibility index (Phi) is 6.06. The molecule has 5 heteroatoms. The molecule has 0 saturated carbocycles. The maximum absolute atomic E-state index is 4.83. The van der Waals surface area contributed by atoms with Gasteiger partial charge in [-0.1, -0.05) is 121 Å². The molecule has 2 aromatic heterocycles. The number of rotatable bonds is 6. The fraction of sp³-hybridized carbons (Fsp3) is 0.114. The Hall–Kier alpha value is -4.87. The highest BCUT2D eigenvalue weighted by molar-refractivity contribution is 5.72. The first kappa shape index (κ1) is 24.2. The normalized spacial score (nSPS) is 13.3. The minimum atomic E-state index is -0.525. The Bertz CT molecular complexity index is 1650. The number of aromatic nitrogens is 4. The fourth-order valence-corrected chi connectivity index (χ4v) is 6.21. The zero-order valence-corrected chi connectivity index (χ0v) is 22.4. The van der Waals surface area contributed by atoms with E-state index in [1.165, 1.54) is 27.8 Å². The van der Waals surface area contributed by atoms with Crippen LogP contribution >= 0.6 is 0 Å². The van der Waals surface area contributed by atoms with Crippen molar-refractivity contribution in [2.75, 3.05) is 0 Å². The van der Waals surface area contributed by atoms with Crippen molar-refractivity contribution in [2.45, 2.75) is 18.6 Å². The van der Waals surface area contributed by atoms with E-state index in [1.807, 2.05) is 30.2 Å². The lowest BCUT2D eigenvalue weighted by Crippen LogP contribution is -2.45. The van der Waals surface area contributed by atoms with Crippen LogP contribution in [0.4, 0.5) is 0 Å². The molecule has 0 radical (unpaired) electrons. The standard InChI is InChI=1S/C35H29N5/c1-39-23-27(22-36-39)34-32-25-40(24-31(32)33(37-38-34)26-14-6-2-7-15-26)35(28-16-8-3-9-17-28,29-18-10-4-11-19-29)30-20-12-5-13-21-30/h2-23H,24-25H2,1H3. The van der Waals surface area contributed by atoms with Gasteiger partial charge in [-0.15, -0.1) is 10.2 Å². The lowest BCUT2D eigenvalue weighted by atomic mass is 9.75. The fourth-order valence-electron chi connectivity index (χ4n) is 6.21. The smallest absolute Gasteiger partial charge is 0.101 e. The number of aryl methyl sites for hydroxylation is 1. The van der Waals surface area contributed by atoms with Crippen LogP contribution in [-0.4, -0.2) is 24.9 Å². The average Bonchev–Trinajstić information content (AvgIpc) is 3.66. The monoisotopic (exact) mass is 519 g/mol. The van der Waals surface area contributed by atoms with E-state index in [0.29, 0.717) is 6.54 Å². The van der Waals surface area contributed by atoms with E-state index in [0.717, 1.165) is 29.1 Å². The maximum atomic E-state index is 4.83. The van der Waals surface area contributed by atoms with Gasteiger partial charge in [0.15, 0.2) is 0 Å². The third-order valence-corrected chi connectivity index (χ3v) is 7.96. The van der Waals surface area contributed by atoms with E-state index in [1.54, 1.807) is 0 Å². The molecule has 0 bridgehead atoms. The van der Waals surface area contributed by atoms with Crippen molar-refractivity contribution in [3.05, 3.63) is 162 Å². The SMILES string of the molecule is Cn1cc(-c2nnc(-c3ccccc3)c3c2CN(C(c2ccccc2)(c2ccccc2)c2ccccc2)C3)cn1. The lowest BCUT2D eigenvalue weighted by Gasteiger charge is -2.43. The molecule has 0 spiro atoms. The predicted octanol–water partition coefficient (Wildman–Crippen LogP) is 6.85. The van der Waals surface area contributed by atoms with Crippen molar-refractivity contribution in [2.24, 2.45) is 7.05 Å². The molecule has 0 unspecified atom stereocenters. The second-order valence-corrected chi connectivity index (χ2v) is 10.3. The van der Waals surface area contributed by atoms with Crippen molar-refractivity contribution >= 4 is 0 Å². The molecule has 1 aliphatic rings. The highest BCUT2D eigenvalue weighted by atomic mass is 15.3. The summed E-state index contributed by atoms with van der Waals surface area (Å²) in [4.78, 5) is 2.59. The summed E-state index contributed by atoms with van der Waals surface area (Å²) in [6, 6.07) is 43.0. The summed E-state index contributed by atoms with van der Waals surface area (Å²) < 4.78 is 1.82. The predicted molar refractivity (Wildman–Crippen MR) is 158 cm³/mol. The molecule has 0 aliphatic carbocycles. The van der Waals surface area contributed by atoms with Crippen LogP contribution in [0.15, 0.2) is 134 Å². The lowest BCUT2D eigenvalue weighted by molar-refractivity contribution is 0.157. The second-order valence-electron chi connectivity index (χ2n) is 10.3. The summed E-state index contributed by atoms with van der Waals surface area (Å²) >= 11 is 0. The number of hydrogen-bond acceptors (Lipinski definition) is 4. The van der Waals surface area contributed by atoms with Crippen molar-refractivity contribution in [1.82, 2.24) is 24.9 Å². The van der Waals surface area contributed by atoms with Gasteiger partial charge in [-0.3, -0.25) is 9.58 Å². The minimum absolute atomic E-state index is 0.525. The zero-order valence-electron chi connectivity index (χ0n) is 22.4. The van der Waals surface area contributed by atoms with E-state index < -0.39 is 5.54 Å². The average molecular weight is 520 g/mol. The molecule has 1 aliphatic heterocycles. The Morgan fingerprint density at radius 3 is 1.40 bits per heavy atom. The second kappa shape index (κ2) is 10.0. The van der Waals surface area contributed by atoms with Crippen LogP contribution in [0, 0.1) is 0 Å². The van der Waals surface area contributed by atoms with Crippen molar-refractivity contribution in [3.63, 3.8) is 0 Å². The third kappa shape index (κ3) is 3.94. The number of nitrogens with zero attached hydrogens (tertiary/aromatic N) is 5. The molecule has 3 heterocycles. The largest absolute Gasteiger partial charge is 0.277 e. The van der Waals surface area contributed by atoms with Crippen molar-refractivity contribution in [1.29, 1.82) is 0 Å². The van der Waals surface area contributed by atoms with Crippen LogP contribution in [0.1, 0.15) is 27.8 Å². The molecule has 6 aromatic rings. The molecule has 0 atom stereocenters. The van der Waals surface area contributed by atoms with Crippen LogP contribution in [0.25, 0.3) is 22.5 Å². The first-order chi connectivity index (χ1) is 19.7. The first-order valence-corrected chi connectivity index (χ1v) is 13.6. The van der Waals surface area contributed by atoms with Crippen LogP contribution < -0.4 is 0 Å². The molecule has 5 nitrogen and oxygen atoms in total. The molecule has 0 N–H and O–H groups in total. The van der Waals surface area contributed by atoms with E-state index in [9.17, 15) is 0 Å². The maximum Gasteiger partial charge on any atom is 0.101 e. The van der Waals surface area contributed by atoms with Crippen LogP contribution in [-0.2, 0) is 25.7 Å². The van der Waals surface area contributed by atoms with E-state index in [4.69, 9.17) is 10.2 Å². The van der Waals surface area contributed by atoms with Gasteiger partial charge in [0, 0.05) is 48.6 Å². The molecule has 0 amide bonds. The van der Waals surface area contributed by atoms with Crippen LogP contribution in [0.3, 0.4) is 0 Å². The van der Waals surface area contributed by atoms with E-state index >= 15 is 0 Å². The van der Waals surface area contributed by atoms with Gasteiger partial charge >= 0.3 is 0 Å². The molecule has 0 fully saturated rings. The molecule has 7 rings (SSSR count). The van der Waals surface area contributed by atoms with Gasteiger partial charge in [0.05, 0.1) is 17.4 Å². The van der Waals surface area contributed by atoms with Gasteiger partial charge in [0.1, 0.15) is 5.69 Å². The Morgan fingerprint density at radius 1 is 0.550 bits per heavy atom. The summed E-state index contributed by atoms with van der Waals surface area (Å²) in [7, 11) is 1.94. The van der Waals surface area contributed by atoms with Gasteiger partial charge in [-0.25, -0.2) is 0 Å².